The molecule has 0 radical (unpaired) electrons. The predicted octanol–water partition coefficient (Wildman–Crippen LogP) is 3.21. The van der Waals surface area contributed by atoms with Gasteiger partial charge in [0.1, 0.15) is 5.82 Å². The minimum Gasteiger partial charge on any atom is -0.267 e. The zero-order valence-corrected chi connectivity index (χ0v) is 12.0. The molecule has 2 rings (SSSR count). The lowest BCUT2D eigenvalue weighted by Crippen LogP contribution is -2.41. The highest BCUT2D eigenvalue weighted by Gasteiger charge is 2.12. The van der Waals surface area contributed by atoms with Crippen LogP contribution in [0.25, 0.3) is 0 Å². The fourth-order valence-corrected chi connectivity index (χ4v) is 1.90. The van der Waals surface area contributed by atoms with Gasteiger partial charge in [0, 0.05) is 10.6 Å². The second-order valence-electron chi connectivity index (χ2n) is 4.04. The monoisotopic (exact) mass is 326 g/mol. The van der Waals surface area contributed by atoms with Crippen molar-refractivity contribution in [3.63, 3.8) is 0 Å². The summed E-state index contributed by atoms with van der Waals surface area (Å²) < 4.78 is 12.7. The number of benzene rings is 2. The summed E-state index contributed by atoms with van der Waals surface area (Å²) >= 11 is 11.6. The van der Waals surface area contributed by atoms with Gasteiger partial charge in [-0.1, -0.05) is 23.2 Å². The van der Waals surface area contributed by atoms with Gasteiger partial charge < -0.3 is 0 Å². The van der Waals surface area contributed by atoms with Crippen LogP contribution in [-0.4, -0.2) is 11.8 Å². The second kappa shape index (κ2) is 6.56. The number of carbonyl (C=O) groups is 2. The smallest absolute Gasteiger partial charge is 0.267 e. The molecule has 2 amide bonds. The van der Waals surface area contributed by atoms with Crippen molar-refractivity contribution in [1.82, 2.24) is 10.9 Å². The fourth-order valence-electron chi connectivity index (χ4n) is 1.53. The lowest BCUT2D eigenvalue weighted by Gasteiger charge is -2.08. The standard InChI is InChI=1S/C14H9Cl2FN2O2/c15-9-3-6-12(16)11(7-9)14(21)19-18-13(20)8-1-4-10(17)5-2-8/h1-7H,(H,18,20)(H,19,21). The number of nitrogens with one attached hydrogen (secondary N) is 2. The van der Waals surface area contributed by atoms with Crippen LogP contribution in [0.15, 0.2) is 42.5 Å². The van der Waals surface area contributed by atoms with Crippen molar-refractivity contribution in [2.45, 2.75) is 0 Å². The van der Waals surface area contributed by atoms with Gasteiger partial charge in [-0.3, -0.25) is 20.4 Å². The van der Waals surface area contributed by atoms with Gasteiger partial charge in [-0.15, -0.1) is 0 Å². The SMILES string of the molecule is O=C(NNC(=O)c1cc(Cl)ccc1Cl)c1ccc(F)cc1. The molecule has 4 nitrogen and oxygen atoms in total. The normalized spacial score (nSPS) is 10.0. The summed E-state index contributed by atoms with van der Waals surface area (Å²) in [5, 5.41) is 0.544. The van der Waals surface area contributed by atoms with E-state index in [0.717, 1.165) is 12.1 Å². The Morgan fingerprint density at radius 3 is 2.19 bits per heavy atom. The van der Waals surface area contributed by atoms with Crippen LogP contribution in [0.2, 0.25) is 10.0 Å². The van der Waals surface area contributed by atoms with E-state index in [0.29, 0.717) is 5.02 Å². The highest BCUT2D eigenvalue weighted by Crippen LogP contribution is 2.20. The van der Waals surface area contributed by atoms with Gasteiger partial charge in [0.05, 0.1) is 10.6 Å². The average molecular weight is 327 g/mol. The van der Waals surface area contributed by atoms with Crippen molar-refractivity contribution in [2.75, 3.05) is 0 Å². The lowest BCUT2D eigenvalue weighted by molar-refractivity contribution is 0.0846. The molecule has 0 saturated carbocycles. The van der Waals surface area contributed by atoms with E-state index in [4.69, 9.17) is 23.2 Å². The van der Waals surface area contributed by atoms with Crippen LogP contribution >= 0.6 is 23.2 Å². The molecule has 0 fully saturated rings. The molecular weight excluding hydrogens is 318 g/mol. The predicted molar refractivity (Wildman–Crippen MR) is 77.8 cm³/mol. The maximum Gasteiger partial charge on any atom is 0.271 e. The van der Waals surface area contributed by atoms with E-state index in [2.05, 4.69) is 10.9 Å². The third-order valence-corrected chi connectivity index (χ3v) is 3.13. The molecule has 0 spiro atoms. The Labute approximate surface area is 129 Å². The molecule has 0 saturated heterocycles. The molecule has 0 bridgehead atoms. The average Bonchev–Trinajstić information content (AvgIpc) is 2.47. The second-order valence-corrected chi connectivity index (χ2v) is 4.88. The molecule has 0 unspecified atom stereocenters. The number of amides is 2. The number of halogens is 3. The Balaban J connectivity index is 2.02. The molecule has 0 heterocycles. The van der Waals surface area contributed by atoms with E-state index in [1.165, 1.54) is 30.3 Å². The first-order valence-electron chi connectivity index (χ1n) is 5.78. The lowest BCUT2D eigenvalue weighted by atomic mass is 10.2. The molecule has 2 aromatic carbocycles. The van der Waals surface area contributed by atoms with E-state index in [-0.39, 0.29) is 16.1 Å². The zero-order chi connectivity index (χ0) is 15.4. The summed E-state index contributed by atoms with van der Waals surface area (Å²) in [6.07, 6.45) is 0. The largest absolute Gasteiger partial charge is 0.271 e. The van der Waals surface area contributed by atoms with Gasteiger partial charge in [-0.2, -0.15) is 0 Å². The molecule has 2 N–H and O–H groups in total. The molecule has 0 aromatic heterocycles. The molecule has 0 aliphatic heterocycles. The third kappa shape index (κ3) is 3.93. The van der Waals surface area contributed by atoms with Gasteiger partial charge in [-0.25, -0.2) is 4.39 Å². The highest BCUT2D eigenvalue weighted by molar-refractivity contribution is 6.35. The first-order valence-corrected chi connectivity index (χ1v) is 6.54. The topological polar surface area (TPSA) is 58.2 Å². The van der Waals surface area contributed by atoms with Gasteiger partial charge >= 0.3 is 0 Å². The van der Waals surface area contributed by atoms with Crippen LogP contribution < -0.4 is 10.9 Å². The van der Waals surface area contributed by atoms with E-state index in [9.17, 15) is 14.0 Å². The highest BCUT2D eigenvalue weighted by atomic mass is 35.5. The maximum atomic E-state index is 12.7. The van der Waals surface area contributed by atoms with Gasteiger partial charge in [-0.05, 0) is 42.5 Å². The Bertz CT molecular complexity index is 690. The Kier molecular flexibility index (Phi) is 4.77. The number of rotatable bonds is 2. The van der Waals surface area contributed by atoms with Crippen LogP contribution in [0.1, 0.15) is 20.7 Å². The Morgan fingerprint density at radius 1 is 0.905 bits per heavy atom. The maximum absolute atomic E-state index is 12.7. The quantitative estimate of drug-likeness (QED) is 0.832. The van der Waals surface area contributed by atoms with E-state index in [1.807, 2.05) is 0 Å². The molecular formula is C14H9Cl2FN2O2. The molecule has 0 aliphatic carbocycles. The van der Waals surface area contributed by atoms with Crippen molar-refractivity contribution in [2.24, 2.45) is 0 Å². The number of hydrogen-bond donors (Lipinski definition) is 2. The summed E-state index contributed by atoms with van der Waals surface area (Å²) in [4.78, 5) is 23.6. The molecule has 108 valence electrons. The first-order chi connectivity index (χ1) is 9.97. The van der Waals surface area contributed by atoms with Gasteiger partial charge in [0.25, 0.3) is 11.8 Å². The summed E-state index contributed by atoms with van der Waals surface area (Å²) in [6.45, 7) is 0. The molecule has 0 aliphatic rings. The van der Waals surface area contributed by atoms with Crippen molar-refractivity contribution in [3.05, 3.63) is 69.5 Å². The van der Waals surface area contributed by atoms with Crippen molar-refractivity contribution >= 4 is 35.0 Å². The van der Waals surface area contributed by atoms with Crippen molar-refractivity contribution in [1.29, 1.82) is 0 Å². The zero-order valence-electron chi connectivity index (χ0n) is 10.5. The Morgan fingerprint density at radius 2 is 1.52 bits per heavy atom. The van der Waals surface area contributed by atoms with Gasteiger partial charge in [0.15, 0.2) is 0 Å². The van der Waals surface area contributed by atoms with E-state index < -0.39 is 17.6 Å². The summed E-state index contributed by atoms with van der Waals surface area (Å²) in [7, 11) is 0. The Hall–Kier alpha value is -2.11. The van der Waals surface area contributed by atoms with Crippen molar-refractivity contribution in [3.8, 4) is 0 Å². The summed E-state index contributed by atoms with van der Waals surface area (Å²) in [6, 6.07) is 9.27. The minimum absolute atomic E-state index is 0.128. The molecule has 21 heavy (non-hydrogen) atoms. The third-order valence-electron chi connectivity index (χ3n) is 2.57. The molecule has 7 heteroatoms. The van der Waals surface area contributed by atoms with Crippen LogP contribution in [0.5, 0.6) is 0 Å². The fraction of sp³-hybridized carbons (Fsp3) is 0. The van der Waals surface area contributed by atoms with Crippen LogP contribution in [0, 0.1) is 5.82 Å². The number of carbonyl (C=O) groups excluding carboxylic acids is 2. The summed E-state index contributed by atoms with van der Waals surface area (Å²) in [5.41, 5.74) is 4.74. The van der Waals surface area contributed by atoms with Crippen LogP contribution in [-0.2, 0) is 0 Å². The van der Waals surface area contributed by atoms with Gasteiger partial charge in [0.2, 0.25) is 0 Å². The van der Waals surface area contributed by atoms with E-state index >= 15 is 0 Å². The molecule has 0 atom stereocenters. The first kappa shape index (κ1) is 15.3. The van der Waals surface area contributed by atoms with Crippen molar-refractivity contribution < 1.29 is 14.0 Å². The van der Waals surface area contributed by atoms with Crippen LogP contribution in [0.4, 0.5) is 4.39 Å². The van der Waals surface area contributed by atoms with E-state index in [1.54, 1.807) is 0 Å². The summed E-state index contributed by atoms with van der Waals surface area (Å²) in [5.74, 6) is -1.65. The van der Waals surface area contributed by atoms with Crippen LogP contribution in [0.3, 0.4) is 0 Å². The number of hydrazine groups is 1. The molecule has 2 aromatic rings. The number of hydrogen-bond acceptors (Lipinski definition) is 2. The minimum atomic E-state index is -0.613.